The Bertz CT molecular complexity index is 623. The van der Waals surface area contributed by atoms with Crippen LogP contribution in [0.2, 0.25) is 0 Å². The molecule has 1 N–H and O–H groups in total. The van der Waals surface area contributed by atoms with Crippen molar-refractivity contribution in [3.05, 3.63) is 23.0 Å². The summed E-state index contributed by atoms with van der Waals surface area (Å²) < 4.78 is 1.80. The predicted octanol–water partition coefficient (Wildman–Crippen LogP) is 2.86. The molecule has 0 aromatic carbocycles. The van der Waals surface area contributed by atoms with Crippen LogP contribution in [0.25, 0.3) is 10.6 Å². The Labute approximate surface area is 122 Å². The van der Waals surface area contributed by atoms with Crippen LogP contribution in [0.3, 0.4) is 0 Å². The number of carbonyl (C=O) groups is 1. The Hall–Kier alpha value is -1.69. The van der Waals surface area contributed by atoms with Gasteiger partial charge in [0, 0.05) is 30.5 Å². The first-order valence-corrected chi connectivity index (χ1v) is 7.36. The minimum Gasteiger partial charge on any atom is -0.481 e. The molecule has 6 heteroatoms. The third-order valence-electron chi connectivity index (χ3n) is 2.92. The van der Waals surface area contributed by atoms with E-state index in [4.69, 9.17) is 5.11 Å². The predicted molar refractivity (Wildman–Crippen MR) is 79.0 cm³/mol. The summed E-state index contributed by atoms with van der Waals surface area (Å²) in [5.41, 5.74) is 2.82. The second-order valence-corrected chi connectivity index (χ2v) is 6.71. The molecule has 0 bridgehead atoms. The van der Waals surface area contributed by atoms with Crippen LogP contribution in [0.1, 0.15) is 38.6 Å². The van der Waals surface area contributed by atoms with E-state index in [2.05, 4.69) is 30.9 Å². The van der Waals surface area contributed by atoms with Gasteiger partial charge in [0.25, 0.3) is 0 Å². The van der Waals surface area contributed by atoms with Gasteiger partial charge in [0.05, 0.1) is 23.4 Å². The maximum atomic E-state index is 10.6. The number of aryl methyl sites for hydroxylation is 2. The lowest BCUT2D eigenvalue weighted by Crippen LogP contribution is -2.13. The Balaban J connectivity index is 2.30. The largest absolute Gasteiger partial charge is 0.481 e. The fourth-order valence-electron chi connectivity index (χ4n) is 1.98. The molecule has 20 heavy (non-hydrogen) atoms. The summed E-state index contributed by atoms with van der Waals surface area (Å²) in [7, 11) is 1.90. The number of carboxylic acid groups (broad SMARTS) is 1. The Morgan fingerprint density at radius 1 is 1.45 bits per heavy atom. The minimum absolute atomic E-state index is 0.0521. The van der Waals surface area contributed by atoms with Crippen LogP contribution in [0.5, 0.6) is 0 Å². The molecule has 0 unspecified atom stereocenters. The molecule has 108 valence electrons. The molecule has 0 spiro atoms. The molecule has 0 amide bonds. The van der Waals surface area contributed by atoms with Crippen LogP contribution in [0, 0.1) is 0 Å². The lowest BCUT2D eigenvalue weighted by atomic mass is 9.90. The van der Waals surface area contributed by atoms with Crippen LogP contribution in [-0.4, -0.2) is 25.8 Å². The highest BCUT2D eigenvalue weighted by atomic mass is 32.1. The highest BCUT2D eigenvalue weighted by Crippen LogP contribution is 2.33. The van der Waals surface area contributed by atoms with Crippen molar-refractivity contribution < 1.29 is 9.90 Å². The number of thiazole rings is 1. The number of nitrogens with zero attached hydrogens (tertiary/aromatic N) is 3. The van der Waals surface area contributed by atoms with E-state index in [-0.39, 0.29) is 11.8 Å². The van der Waals surface area contributed by atoms with E-state index in [9.17, 15) is 4.79 Å². The summed E-state index contributed by atoms with van der Waals surface area (Å²) in [5.74, 6) is -0.795. The van der Waals surface area contributed by atoms with E-state index in [0.29, 0.717) is 6.42 Å². The molecule has 0 radical (unpaired) electrons. The summed E-state index contributed by atoms with van der Waals surface area (Å²) in [6, 6.07) is 0. The van der Waals surface area contributed by atoms with Gasteiger partial charge in [-0.05, 0) is 0 Å². The molecule has 2 rings (SSSR count). The second kappa shape index (κ2) is 5.36. The molecule has 0 fully saturated rings. The standard InChI is InChI=1S/C14H19N3O2S/c1-14(2,3)12-10(7-17(4)16-12)13-15-9(8-20-13)5-6-11(18)19/h7-8H,5-6H2,1-4H3,(H,18,19). The molecule has 0 saturated heterocycles. The SMILES string of the molecule is Cn1cc(-c2nc(CCC(=O)O)cs2)c(C(C)(C)C)n1. The summed E-state index contributed by atoms with van der Waals surface area (Å²) in [6.45, 7) is 6.37. The van der Waals surface area contributed by atoms with Gasteiger partial charge in [0.2, 0.25) is 0 Å². The topological polar surface area (TPSA) is 68.0 Å². The average molecular weight is 293 g/mol. The van der Waals surface area contributed by atoms with Gasteiger partial charge in [-0.2, -0.15) is 5.10 Å². The first kappa shape index (κ1) is 14.7. The van der Waals surface area contributed by atoms with Gasteiger partial charge in [-0.15, -0.1) is 11.3 Å². The molecule has 0 atom stereocenters. The molecule has 0 aliphatic carbocycles. The van der Waals surface area contributed by atoms with Crippen LogP contribution < -0.4 is 0 Å². The van der Waals surface area contributed by atoms with Crippen molar-refractivity contribution in [2.45, 2.75) is 39.0 Å². The van der Waals surface area contributed by atoms with E-state index in [1.807, 2.05) is 18.6 Å². The molecule has 0 saturated carbocycles. The second-order valence-electron chi connectivity index (χ2n) is 5.85. The smallest absolute Gasteiger partial charge is 0.303 e. The van der Waals surface area contributed by atoms with Gasteiger partial charge < -0.3 is 5.11 Å². The highest BCUT2D eigenvalue weighted by Gasteiger charge is 2.24. The normalized spacial score (nSPS) is 11.8. The Morgan fingerprint density at radius 2 is 2.15 bits per heavy atom. The monoisotopic (exact) mass is 293 g/mol. The molecular weight excluding hydrogens is 274 g/mol. The molecule has 2 aromatic heterocycles. The summed E-state index contributed by atoms with van der Waals surface area (Å²) in [6.07, 6.45) is 2.56. The lowest BCUT2D eigenvalue weighted by Gasteiger charge is -2.16. The number of carboxylic acids is 1. The van der Waals surface area contributed by atoms with E-state index >= 15 is 0 Å². The number of aliphatic carboxylic acids is 1. The number of hydrogen-bond donors (Lipinski definition) is 1. The maximum Gasteiger partial charge on any atom is 0.303 e. The number of hydrogen-bond acceptors (Lipinski definition) is 4. The maximum absolute atomic E-state index is 10.6. The van der Waals surface area contributed by atoms with Gasteiger partial charge in [0.15, 0.2) is 0 Å². The first-order valence-electron chi connectivity index (χ1n) is 6.48. The van der Waals surface area contributed by atoms with E-state index in [1.165, 1.54) is 0 Å². The van der Waals surface area contributed by atoms with Gasteiger partial charge in [-0.1, -0.05) is 20.8 Å². The van der Waals surface area contributed by atoms with Crippen molar-refractivity contribution in [1.29, 1.82) is 0 Å². The van der Waals surface area contributed by atoms with Gasteiger partial charge in [-0.25, -0.2) is 4.98 Å². The van der Waals surface area contributed by atoms with Gasteiger partial charge >= 0.3 is 5.97 Å². The molecule has 0 aliphatic heterocycles. The van der Waals surface area contributed by atoms with Crippen molar-refractivity contribution in [3.63, 3.8) is 0 Å². The molecule has 2 aromatic rings. The van der Waals surface area contributed by atoms with Crippen LogP contribution >= 0.6 is 11.3 Å². The zero-order chi connectivity index (χ0) is 14.9. The fraction of sp³-hybridized carbons (Fsp3) is 0.500. The van der Waals surface area contributed by atoms with Crippen molar-refractivity contribution in [2.75, 3.05) is 0 Å². The van der Waals surface area contributed by atoms with Crippen molar-refractivity contribution in [3.8, 4) is 10.6 Å². The van der Waals surface area contributed by atoms with E-state index in [0.717, 1.165) is 22.0 Å². The third kappa shape index (κ3) is 3.25. The molecular formula is C14H19N3O2S. The molecule has 0 aliphatic rings. The Kier molecular flexibility index (Phi) is 3.94. The van der Waals surface area contributed by atoms with Crippen LogP contribution in [0.4, 0.5) is 0 Å². The van der Waals surface area contributed by atoms with Crippen molar-refractivity contribution in [1.82, 2.24) is 14.8 Å². The number of rotatable bonds is 4. The summed E-state index contributed by atoms with van der Waals surface area (Å²) in [4.78, 5) is 15.1. The van der Waals surface area contributed by atoms with Gasteiger partial charge in [-0.3, -0.25) is 9.48 Å². The lowest BCUT2D eigenvalue weighted by molar-refractivity contribution is -0.136. The highest BCUT2D eigenvalue weighted by molar-refractivity contribution is 7.13. The summed E-state index contributed by atoms with van der Waals surface area (Å²) >= 11 is 1.54. The Morgan fingerprint density at radius 3 is 2.75 bits per heavy atom. The van der Waals surface area contributed by atoms with E-state index in [1.54, 1.807) is 16.0 Å². The number of aromatic nitrogens is 3. The molecule has 5 nitrogen and oxygen atoms in total. The van der Waals surface area contributed by atoms with Crippen molar-refractivity contribution >= 4 is 17.3 Å². The third-order valence-corrected chi connectivity index (χ3v) is 3.84. The van der Waals surface area contributed by atoms with Crippen molar-refractivity contribution in [2.24, 2.45) is 7.05 Å². The molecule has 2 heterocycles. The van der Waals surface area contributed by atoms with E-state index < -0.39 is 5.97 Å². The fourth-order valence-corrected chi connectivity index (χ4v) is 2.84. The first-order chi connectivity index (χ1) is 9.27. The average Bonchev–Trinajstić information content (AvgIpc) is 2.91. The van der Waals surface area contributed by atoms with Gasteiger partial charge in [0.1, 0.15) is 5.01 Å². The quantitative estimate of drug-likeness (QED) is 0.941. The minimum atomic E-state index is -0.795. The zero-order valence-corrected chi connectivity index (χ0v) is 13.0. The van der Waals surface area contributed by atoms with Crippen LogP contribution in [0.15, 0.2) is 11.6 Å². The zero-order valence-electron chi connectivity index (χ0n) is 12.2. The summed E-state index contributed by atoms with van der Waals surface area (Å²) in [5, 5.41) is 16.1. The van der Waals surface area contributed by atoms with Crippen LogP contribution in [-0.2, 0) is 23.7 Å².